The average molecular weight is 388 g/mol. The molecule has 0 fully saturated rings. The van der Waals surface area contributed by atoms with Gasteiger partial charge in [0.25, 0.3) is 0 Å². The topological polar surface area (TPSA) is 75.1 Å². The van der Waals surface area contributed by atoms with Crippen LogP contribution in [0.5, 0.6) is 0 Å². The van der Waals surface area contributed by atoms with Crippen molar-refractivity contribution in [3.63, 3.8) is 0 Å². The molecule has 1 atom stereocenters. The van der Waals surface area contributed by atoms with Crippen LogP contribution in [-0.4, -0.2) is 39.1 Å². The standard InChI is InChI=1S/C19H18ClN3O2S/c1-26-11-10-16(19(24)25)22-18-14-4-2-3-5-15(14)21-17(23-18)12-6-8-13(20)9-7-12/h2-9,16H,10-11H2,1H3,(H,24,25)(H,21,22,23). The molecule has 2 aromatic carbocycles. The van der Waals surface area contributed by atoms with E-state index in [0.29, 0.717) is 23.1 Å². The summed E-state index contributed by atoms with van der Waals surface area (Å²) in [4.78, 5) is 20.8. The summed E-state index contributed by atoms with van der Waals surface area (Å²) in [7, 11) is 0. The van der Waals surface area contributed by atoms with Gasteiger partial charge in [-0.25, -0.2) is 14.8 Å². The minimum atomic E-state index is -0.894. The molecule has 0 radical (unpaired) electrons. The molecule has 3 rings (SSSR count). The van der Waals surface area contributed by atoms with Crippen LogP contribution < -0.4 is 5.32 Å². The third-order valence-electron chi connectivity index (χ3n) is 3.93. The number of carboxylic acids is 1. The number of benzene rings is 2. The van der Waals surface area contributed by atoms with E-state index in [1.165, 1.54) is 0 Å². The number of halogens is 1. The number of hydrogen-bond acceptors (Lipinski definition) is 5. The molecular formula is C19H18ClN3O2S. The summed E-state index contributed by atoms with van der Waals surface area (Å²) >= 11 is 7.57. The highest BCUT2D eigenvalue weighted by Gasteiger charge is 2.19. The summed E-state index contributed by atoms with van der Waals surface area (Å²) in [5.74, 6) is 0.900. The van der Waals surface area contributed by atoms with Crippen LogP contribution in [0.1, 0.15) is 6.42 Å². The lowest BCUT2D eigenvalue weighted by atomic mass is 10.1. The lowest BCUT2D eigenvalue weighted by Gasteiger charge is -2.17. The molecule has 1 aromatic heterocycles. The second-order valence-electron chi connectivity index (χ2n) is 5.74. The van der Waals surface area contributed by atoms with Crippen LogP contribution in [0.3, 0.4) is 0 Å². The van der Waals surface area contributed by atoms with Crippen LogP contribution in [0.15, 0.2) is 48.5 Å². The number of aliphatic carboxylic acids is 1. The van der Waals surface area contributed by atoms with E-state index in [0.717, 1.165) is 22.2 Å². The Morgan fingerprint density at radius 3 is 2.62 bits per heavy atom. The predicted octanol–water partition coefficient (Wildman–Crippen LogP) is 4.57. The van der Waals surface area contributed by atoms with Gasteiger partial charge in [0.15, 0.2) is 5.82 Å². The second kappa shape index (κ2) is 8.38. The molecule has 0 saturated carbocycles. The van der Waals surface area contributed by atoms with E-state index in [9.17, 15) is 9.90 Å². The molecule has 26 heavy (non-hydrogen) atoms. The molecule has 1 heterocycles. The summed E-state index contributed by atoms with van der Waals surface area (Å²) in [6.07, 6.45) is 2.46. The first-order chi connectivity index (χ1) is 12.6. The van der Waals surface area contributed by atoms with Crippen LogP contribution in [0.25, 0.3) is 22.3 Å². The van der Waals surface area contributed by atoms with Gasteiger partial charge < -0.3 is 10.4 Å². The van der Waals surface area contributed by atoms with Gasteiger partial charge in [0.2, 0.25) is 0 Å². The summed E-state index contributed by atoms with van der Waals surface area (Å²) in [6.45, 7) is 0. The molecule has 0 spiro atoms. The van der Waals surface area contributed by atoms with Gasteiger partial charge in [-0.2, -0.15) is 11.8 Å². The van der Waals surface area contributed by atoms with E-state index in [1.54, 1.807) is 23.9 Å². The number of thioether (sulfide) groups is 1. The third-order valence-corrected chi connectivity index (χ3v) is 4.82. The Morgan fingerprint density at radius 2 is 1.92 bits per heavy atom. The molecule has 0 aliphatic heterocycles. The number of nitrogens with zero attached hydrogens (tertiary/aromatic N) is 2. The number of fused-ring (bicyclic) bond motifs is 1. The molecule has 0 amide bonds. The summed E-state index contributed by atoms with van der Waals surface area (Å²) in [6, 6.07) is 14.1. The zero-order chi connectivity index (χ0) is 18.5. The van der Waals surface area contributed by atoms with Crippen molar-refractivity contribution >= 4 is 46.1 Å². The lowest BCUT2D eigenvalue weighted by molar-refractivity contribution is -0.137. The third kappa shape index (κ3) is 4.26. The molecule has 1 unspecified atom stereocenters. The highest BCUT2D eigenvalue weighted by atomic mass is 35.5. The maximum atomic E-state index is 11.6. The first-order valence-electron chi connectivity index (χ1n) is 8.09. The molecule has 5 nitrogen and oxygen atoms in total. The summed E-state index contributed by atoms with van der Waals surface area (Å²) < 4.78 is 0. The minimum absolute atomic E-state index is 0.505. The van der Waals surface area contributed by atoms with Gasteiger partial charge in [0.05, 0.1) is 5.52 Å². The number of carboxylic acid groups (broad SMARTS) is 1. The van der Waals surface area contributed by atoms with Crippen LogP contribution in [0.2, 0.25) is 5.02 Å². The van der Waals surface area contributed by atoms with E-state index < -0.39 is 12.0 Å². The Hall–Kier alpha value is -2.31. The van der Waals surface area contributed by atoms with Gasteiger partial charge in [-0.1, -0.05) is 23.7 Å². The van der Waals surface area contributed by atoms with Crippen LogP contribution in [-0.2, 0) is 4.79 Å². The fourth-order valence-electron chi connectivity index (χ4n) is 2.57. The van der Waals surface area contributed by atoms with Gasteiger partial charge in [-0.3, -0.25) is 0 Å². The molecule has 3 aromatic rings. The second-order valence-corrected chi connectivity index (χ2v) is 7.16. The van der Waals surface area contributed by atoms with Gasteiger partial charge in [0.1, 0.15) is 11.9 Å². The van der Waals surface area contributed by atoms with Crippen molar-refractivity contribution in [1.29, 1.82) is 0 Å². The molecule has 7 heteroatoms. The molecular weight excluding hydrogens is 370 g/mol. The molecule has 0 saturated heterocycles. The van der Waals surface area contributed by atoms with Crippen molar-refractivity contribution in [2.45, 2.75) is 12.5 Å². The van der Waals surface area contributed by atoms with Crippen molar-refractivity contribution < 1.29 is 9.90 Å². The lowest BCUT2D eigenvalue weighted by Crippen LogP contribution is -2.30. The maximum Gasteiger partial charge on any atom is 0.326 e. The number of anilines is 1. The Balaban J connectivity index is 2.04. The normalized spacial score (nSPS) is 12.1. The van der Waals surface area contributed by atoms with E-state index in [-0.39, 0.29) is 0 Å². The van der Waals surface area contributed by atoms with Crippen molar-refractivity contribution in [3.05, 3.63) is 53.6 Å². The highest BCUT2D eigenvalue weighted by Crippen LogP contribution is 2.26. The van der Waals surface area contributed by atoms with Crippen molar-refractivity contribution in [2.75, 3.05) is 17.3 Å². The number of para-hydroxylation sites is 1. The van der Waals surface area contributed by atoms with Crippen molar-refractivity contribution in [3.8, 4) is 11.4 Å². The SMILES string of the molecule is CSCCC(Nc1nc(-c2ccc(Cl)cc2)nc2ccccc12)C(=O)O. The van der Waals surface area contributed by atoms with E-state index in [4.69, 9.17) is 11.6 Å². The van der Waals surface area contributed by atoms with Gasteiger partial charge in [-0.05, 0) is 54.8 Å². The van der Waals surface area contributed by atoms with Gasteiger partial charge >= 0.3 is 5.97 Å². The van der Waals surface area contributed by atoms with E-state index in [2.05, 4.69) is 15.3 Å². The Bertz CT molecular complexity index is 918. The first kappa shape index (κ1) is 18.5. The largest absolute Gasteiger partial charge is 0.480 e. The molecule has 0 bridgehead atoms. The quantitative estimate of drug-likeness (QED) is 0.618. The molecule has 0 aliphatic rings. The summed E-state index contributed by atoms with van der Waals surface area (Å²) in [5, 5.41) is 14.0. The summed E-state index contributed by atoms with van der Waals surface area (Å²) in [5.41, 5.74) is 1.57. The fourth-order valence-corrected chi connectivity index (χ4v) is 3.17. The van der Waals surface area contributed by atoms with Gasteiger partial charge in [-0.15, -0.1) is 0 Å². The fraction of sp³-hybridized carbons (Fsp3) is 0.211. The average Bonchev–Trinajstić information content (AvgIpc) is 2.65. The molecule has 2 N–H and O–H groups in total. The number of hydrogen-bond donors (Lipinski definition) is 2. The van der Waals surface area contributed by atoms with E-state index in [1.807, 2.05) is 42.7 Å². The van der Waals surface area contributed by atoms with Gasteiger partial charge in [0, 0.05) is 16.0 Å². The van der Waals surface area contributed by atoms with Crippen LogP contribution >= 0.6 is 23.4 Å². The number of nitrogens with one attached hydrogen (secondary N) is 1. The highest BCUT2D eigenvalue weighted by molar-refractivity contribution is 7.98. The Morgan fingerprint density at radius 1 is 1.19 bits per heavy atom. The first-order valence-corrected chi connectivity index (χ1v) is 9.86. The number of carbonyl (C=O) groups is 1. The number of rotatable bonds is 7. The molecule has 134 valence electrons. The van der Waals surface area contributed by atoms with Crippen molar-refractivity contribution in [2.24, 2.45) is 0 Å². The van der Waals surface area contributed by atoms with E-state index >= 15 is 0 Å². The zero-order valence-electron chi connectivity index (χ0n) is 14.1. The minimum Gasteiger partial charge on any atom is -0.480 e. The Labute approximate surface area is 160 Å². The Kier molecular flexibility index (Phi) is 5.96. The predicted molar refractivity (Wildman–Crippen MR) is 108 cm³/mol. The van der Waals surface area contributed by atoms with Crippen LogP contribution in [0, 0.1) is 0 Å². The number of aromatic nitrogens is 2. The van der Waals surface area contributed by atoms with Crippen molar-refractivity contribution in [1.82, 2.24) is 9.97 Å². The molecule has 0 aliphatic carbocycles. The maximum absolute atomic E-state index is 11.6. The monoisotopic (exact) mass is 387 g/mol. The smallest absolute Gasteiger partial charge is 0.326 e. The zero-order valence-corrected chi connectivity index (χ0v) is 15.7. The van der Waals surface area contributed by atoms with Crippen LogP contribution in [0.4, 0.5) is 5.82 Å².